The third-order valence-electron chi connectivity index (χ3n) is 3.41. The second kappa shape index (κ2) is 14.5. The minimum Gasteiger partial charge on any atom is -0.465 e. The van der Waals surface area contributed by atoms with Crippen LogP contribution in [0.15, 0.2) is 0 Å². The normalized spacial score (nSPS) is 10.5. The summed E-state index contributed by atoms with van der Waals surface area (Å²) in [6, 6.07) is 0. The Bertz CT molecular complexity index is 249. The van der Waals surface area contributed by atoms with Crippen LogP contribution in [0.2, 0.25) is 0 Å². The maximum atomic E-state index is 11.4. The summed E-state index contributed by atoms with van der Waals surface area (Å²) in [6.07, 6.45) is 12.1. The van der Waals surface area contributed by atoms with Crippen molar-refractivity contribution in [1.29, 1.82) is 0 Å². The molecule has 0 saturated heterocycles. The molecule has 0 fully saturated rings. The number of rotatable bonds is 14. The molecule has 3 nitrogen and oxygen atoms in total. The van der Waals surface area contributed by atoms with Gasteiger partial charge in [-0.25, -0.2) is 0 Å². The Balaban J connectivity index is 3.29. The van der Waals surface area contributed by atoms with Crippen molar-refractivity contribution in [2.75, 3.05) is 6.61 Å². The van der Waals surface area contributed by atoms with Crippen molar-refractivity contribution in [3.05, 3.63) is 0 Å². The van der Waals surface area contributed by atoms with Crippen LogP contribution < -0.4 is 0 Å². The standard InChI is InChI=1S/C17H32O3/c1-3-5-7-8-9-10-11-12-14-20-17(19)15-16(18)13-6-4-2/h3-15H2,1-2H3. The van der Waals surface area contributed by atoms with Gasteiger partial charge < -0.3 is 4.74 Å². The van der Waals surface area contributed by atoms with Crippen molar-refractivity contribution in [3.8, 4) is 0 Å². The van der Waals surface area contributed by atoms with Gasteiger partial charge >= 0.3 is 5.97 Å². The number of Topliss-reactive ketones (excluding diaryl/α,β-unsaturated/α-hetero) is 1. The van der Waals surface area contributed by atoms with E-state index in [2.05, 4.69) is 6.92 Å². The van der Waals surface area contributed by atoms with Gasteiger partial charge in [-0.2, -0.15) is 0 Å². The van der Waals surface area contributed by atoms with Gasteiger partial charge in [0.25, 0.3) is 0 Å². The highest BCUT2D eigenvalue weighted by Gasteiger charge is 2.09. The van der Waals surface area contributed by atoms with E-state index in [-0.39, 0.29) is 18.2 Å². The van der Waals surface area contributed by atoms with E-state index in [9.17, 15) is 9.59 Å². The summed E-state index contributed by atoms with van der Waals surface area (Å²) in [6.45, 7) is 4.73. The maximum absolute atomic E-state index is 11.4. The largest absolute Gasteiger partial charge is 0.465 e. The molecule has 0 aromatic heterocycles. The first-order valence-corrected chi connectivity index (χ1v) is 8.38. The van der Waals surface area contributed by atoms with Gasteiger partial charge in [0.2, 0.25) is 0 Å². The molecule has 0 spiro atoms. The zero-order valence-electron chi connectivity index (χ0n) is 13.4. The molecule has 0 aliphatic heterocycles. The van der Waals surface area contributed by atoms with Crippen LogP contribution in [0.4, 0.5) is 0 Å². The Labute approximate surface area is 124 Å². The number of esters is 1. The lowest BCUT2D eigenvalue weighted by atomic mass is 10.1. The van der Waals surface area contributed by atoms with Crippen LogP contribution in [0.5, 0.6) is 0 Å². The number of ketones is 1. The quantitative estimate of drug-likeness (QED) is 0.261. The molecule has 0 aromatic carbocycles. The molecule has 0 radical (unpaired) electrons. The molecule has 3 heteroatoms. The fourth-order valence-electron chi connectivity index (χ4n) is 2.10. The minimum atomic E-state index is -0.353. The molecule has 0 saturated carbocycles. The molecular formula is C17H32O3. The highest BCUT2D eigenvalue weighted by molar-refractivity contribution is 5.95. The molecule has 0 aliphatic carbocycles. The van der Waals surface area contributed by atoms with E-state index in [1.54, 1.807) is 0 Å². The average Bonchev–Trinajstić information content (AvgIpc) is 2.43. The van der Waals surface area contributed by atoms with Gasteiger partial charge in [0, 0.05) is 6.42 Å². The zero-order chi connectivity index (χ0) is 15.1. The van der Waals surface area contributed by atoms with Crippen LogP contribution in [-0.2, 0) is 14.3 Å². The van der Waals surface area contributed by atoms with E-state index in [1.807, 2.05) is 6.92 Å². The molecule has 20 heavy (non-hydrogen) atoms. The first-order chi connectivity index (χ1) is 9.70. The fraction of sp³-hybridized carbons (Fsp3) is 0.882. The second-order valence-electron chi connectivity index (χ2n) is 5.51. The number of carbonyl (C=O) groups is 2. The number of hydrogen-bond donors (Lipinski definition) is 0. The first-order valence-electron chi connectivity index (χ1n) is 8.38. The van der Waals surface area contributed by atoms with E-state index in [0.29, 0.717) is 13.0 Å². The smallest absolute Gasteiger partial charge is 0.313 e. The summed E-state index contributed by atoms with van der Waals surface area (Å²) in [5.74, 6) is -0.346. The summed E-state index contributed by atoms with van der Waals surface area (Å²) >= 11 is 0. The molecule has 0 bridgehead atoms. The molecule has 118 valence electrons. The molecule has 0 aliphatic rings. The van der Waals surface area contributed by atoms with Crippen LogP contribution in [-0.4, -0.2) is 18.4 Å². The number of hydrogen-bond acceptors (Lipinski definition) is 3. The summed E-state index contributed by atoms with van der Waals surface area (Å²) in [4.78, 5) is 22.8. The number of ether oxygens (including phenoxy) is 1. The fourth-order valence-corrected chi connectivity index (χ4v) is 2.10. The van der Waals surface area contributed by atoms with Crippen molar-refractivity contribution < 1.29 is 14.3 Å². The summed E-state index contributed by atoms with van der Waals surface area (Å²) < 4.78 is 5.08. The number of unbranched alkanes of at least 4 members (excludes halogenated alkanes) is 8. The Morgan fingerprint density at radius 2 is 1.30 bits per heavy atom. The summed E-state index contributed by atoms with van der Waals surface area (Å²) in [5.41, 5.74) is 0. The van der Waals surface area contributed by atoms with Crippen molar-refractivity contribution in [2.24, 2.45) is 0 Å². The minimum absolute atomic E-state index is 0.00720. The van der Waals surface area contributed by atoms with Crippen molar-refractivity contribution in [2.45, 2.75) is 90.9 Å². The lowest BCUT2D eigenvalue weighted by Gasteiger charge is -2.04. The lowest BCUT2D eigenvalue weighted by Crippen LogP contribution is -2.11. The highest BCUT2D eigenvalue weighted by Crippen LogP contribution is 2.08. The Morgan fingerprint density at radius 1 is 0.750 bits per heavy atom. The second-order valence-corrected chi connectivity index (χ2v) is 5.51. The monoisotopic (exact) mass is 284 g/mol. The Morgan fingerprint density at radius 3 is 1.90 bits per heavy atom. The van der Waals surface area contributed by atoms with Crippen LogP contribution in [0.1, 0.15) is 90.9 Å². The molecule has 0 amide bonds. The molecule has 0 atom stereocenters. The zero-order valence-corrected chi connectivity index (χ0v) is 13.4. The van der Waals surface area contributed by atoms with Gasteiger partial charge in [-0.15, -0.1) is 0 Å². The van der Waals surface area contributed by atoms with Crippen LogP contribution in [0.3, 0.4) is 0 Å². The summed E-state index contributed by atoms with van der Waals surface area (Å²) in [7, 11) is 0. The van der Waals surface area contributed by atoms with Gasteiger partial charge in [-0.1, -0.05) is 65.2 Å². The predicted octanol–water partition coefficient (Wildman–Crippen LogP) is 4.82. The van der Waals surface area contributed by atoms with E-state index >= 15 is 0 Å². The Kier molecular flexibility index (Phi) is 13.9. The van der Waals surface area contributed by atoms with E-state index in [4.69, 9.17) is 4.74 Å². The number of carbonyl (C=O) groups excluding carboxylic acids is 2. The third-order valence-corrected chi connectivity index (χ3v) is 3.41. The molecular weight excluding hydrogens is 252 g/mol. The van der Waals surface area contributed by atoms with Gasteiger partial charge in [0.15, 0.2) is 0 Å². The molecule has 0 unspecified atom stereocenters. The molecule has 0 N–H and O–H groups in total. The van der Waals surface area contributed by atoms with E-state index < -0.39 is 0 Å². The van der Waals surface area contributed by atoms with Crippen LogP contribution >= 0.6 is 0 Å². The molecule has 0 heterocycles. The topological polar surface area (TPSA) is 43.4 Å². The first kappa shape index (κ1) is 19.1. The van der Waals surface area contributed by atoms with Gasteiger partial charge in [0.1, 0.15) is 12.2 Å². The average molecular weight is 284 g/mol. The predicted molar refractivity (Wildman–Crippen MR) is 82.7 cm³/mol. The van der Waals surface area contributed by atoms with Gasteiger partial charge in [-0.05, 0) is 12.8 Å². The van der Waals surface area contributed by atoms with Crippen LogP contribution in [0.25, 0.3) is 0 Å². The maximum Gasteiger partial charge on any atom is 0.313 e. The third kappa shape index (κ3) is 13.6. The SMILES string of the molecule is CCCCCCCCCCOC(=O)CC(=O)CCCC. The van der Waals surface area contributed by atoms with Gasteiger partial charge in [-0.3, -0.25) is 9.59 Å². The molecule has 0 aromatic rings. The van der Waals surface area contributed by atoms with Gasteiger partial charge in [0.05, 0.1) is 6.61 Å². The van der Waals surface area contributed by atoms with E-state index in [0.717, 1.165) is 25.7 Å². The van der Waals surface area contributed by atoms with Crippen molar-refractivity contribution >= 4 is 11.8 Å². The highest BCUT2D eigenvalue weighted by atomic mass is 16.5. The van der Waals surface area contributed by atoms with Crippen LogP contribution in [0, 0.1) is 0 Å². The lowest BCUT2D eigenvalue weighted by molar-refractivity contribution is -0.146. The summed E-state index contributed by atoms with van der Waals surface area (Å²) in [5, 5.41) is 0. The van der Waals surface area contributed by atoms with E-state index in [1.165, 1.54) is 38.5 Å². The van der Waals surface area contributed by atoms with Crippen molar-refractivity contribution in [3.63, 3.8) is 0 Å². The molecule has 0 rings (SSSR count). The van der Waals surface area contributed by atoms with Crippen molar-refractivity contribution in [1.82, 2.24) is 0 Å². The Hall–Kier alpha value is -0.860.